The number of nitrogens with one attached hydrogen (secondary N) is 2. The lowest BCUT2D eigenvalue weighted by Gasteiger charge is -2.25. The zero-order chi connectivity index (χ0) is 15.8. The van der Waals surface area contributed by atoms with Crippen LogP contribution in [0.2, 0.25) is 0 Å². The maximum Gasteiger partial charge on any atom is 0.322 e. The SMILES string of the molecule is Cc1c(C2CC2)ccc2c1C1(NC(=O)NC1=O)c1ccccc1-2. The molecule has 5 rings (SSSR count). The predicted molar refractivity (Wildman–Crippen MR) is 86.0 cm³/mol. The number of fused-ring (bicyclic) bond motifs is 5. The Kier molecular flexibility index (Phi) is 2.25. The minimum Gasteiger partial charge on any atom is -0.316 e. The molecule has 0 aromatic heterocycles. The molecule has 1 spiro atoms. The van der Waals surface area contributed by atoms with Gasteiger partial charge in [-0.3, -0.25) is 10.1 Å². The first-order valence-electron chi connectivity index (χ1n) is 8.00. The Labute approximate surface area is 133 Å². The summed E-state index contributed by atoms with van der Waals surface area (Å²) in [7, 11) is 0. The third-order valence-corrected chi connectivity index (χ3v) is 5.39. The molecule has 0 bridgehead atoms. The molecule has 4 nitrogen and oxygen atoms in total. The van der Waals surface area contributed by atoms with Crippen LogP contribution in [0.15, 0.2) is 36.4 Å². The van der Waals surface area contributed by atoms with Crippen molar-refractivity contribution in [1.82, 2.24) is 10.6 Å². The van der Waals surface area contributed by atoms with Crippen LogP contribution in [-0.2, 0) is 10.3 Å². The van der Waals surface area contributed by atoms with E-state index in [1.807, 2.05) is 24.3 Å². The molecule has 1 saturated carbocycles. The Balaban J connectivity index is 1.88. The molecule has 1 saturated heterocycles. The fraction of sp³-hybridized carbons (Fsp3) is 0.263. The Morgan fingerprint density at radius 2 is 1.83 bits per heavy atom. The average Bonchev–Trinajstić information content (AvgIpc) is 3.27. The van der Waals surface area contributed by atoms with Gasteiger partial charge in [-0.2, -0.15) is 0 Å². The molecular formula is C19H16N2O2. The number of amides is 3. The molecule has 2 aromatic carbocycles. The standard InChI is InChI=1S/C19H16N2O2/c1-10-12(11-6-7-11)8-9-14-13-4-2-3-5-15(13)19(16(10)14)17(22)20-18(23)21-19/h2-5,8-9,11H,6-7H2,1H3,(H2,20,21,22,23). The van der Waals surface area contributed by atoms with Crippen molar-refractivity contribution in [2.45, 2.75) is 31.2 Å². The van der Waals surface area contributed by atoms with Crippen molar-refractivity contribution in [2.24, 2.45) is 0 Å². The topological polar surface area (TPSA) is 58.2 Å². The number of urea groups is 1. The summed E-state index contributed by atoms with van der Waals surface area (Å²) in [6.45, 7) is 2.08. The van der Waals surface area contributed by atoms with Crippen molar-refractivity contribution < 1.29 is 9.59 Å². The highest BCUT2D eigenvalue weighted by Crippen LogP contribution is 2.53. The van der Waals surface area contributed by atoms with Gasteiger partial charge in [-0.1, -0.05) is 36.4 Å². The van der Waals surface area contributed by atoms with Gasteiger partial charge in [0, 0.05) is 5.56 Å². The van der Waals surface area contributed by atoms with Gasteiger partial charge in [-0.15, -0.1) is 0 Å². The minimum absolute atomic E-state index is 0.273. The van der Waals surface area contributed by atoms with E-state index < -0.39 is 11.6 Å². The van der Waals surface area contributed by atoms with E-state index in [9.17, 15) is 9.59 Å². The van der Waals surface area contributed by atoms with Crippen LogP contribution in [0.25, 0.3) is 11.1 Å². The smallest absolute Gasteiger partial charge is 0.316 e. The van der Waals surface area contributed by atoms with Crippen molar-refractivity contribution in [3.8, 4) is 11.1 Å². The largest absolute Gasteiger partial charge is 0.322 e. The quantitative estimate of drug-likeness (QED) is 0.796. The number of hydrogen-bond donors (Lipinski definition) is 2. The molecule has 2 aliphatic carbocycles. The first-order chi connectivity index (χ1) is 11.1. The third-order valence-electron chi connectivity index (χ3n) is 5.39. The summed E-state index contributed by atoms with van der Waals surface area (Å²) in [5.74, 6) is 0.325. The molecule has 23 heavy (non-hydrogen) atoms. The highest BCUT2D eigenvalue weighted by Gasteiger charge is 2.55. The summed E-state index contributed by atoms with van der Waals surface area (Å²) in [4.78, 5) is 24.7. The van der Waals surface area contributed by atoms with Gasteiger partial charge in [0.2, 0.25) is 0 Å². The number of carbonyl (C=O) groups is 2. The first-order valence-corrected chi connectivity index (χ1v) is 8.00. The highest BCUT2D eigenvalue weighted by molar-refractivity contribution is 6.13. The third kappa shape index (κ3) is 1.46. The van der Waals surface area contributed by atoms with Crippen molar-refractivity contribution in [3.05, 3.63) is 58.7 Å². The second kappa shape index (κ2) is 4.02. The molecule has 1 unspecified atom stereocenters. The van der Waals surface area contributed by atoms with E-state index >= 15 is 0 Å². The highest BCUT2D eigenvalue weighted by atomic mass is 16.2. The molecule has 114 valence electrons. The molecule has 1 atom stereocenters. The van der Waals surface area contributed by atoms with Gasteiger partial charge in [0.15, 0.2) is 5.54 Å². The van der Waals surface area contributed by atoms with Crippen LogP contribution in [-0.4, -0.2) is 11.9 Å². The Morgan fingerprint density at radius 3 is 2.52 bits per heavy atom. The van der Waals surface area contributed by atoms with Gasteiger partial charge in [0.1, 0.15) is 0 Å². The van der Waals surface area contributed by atoms with Crippen molar-refractivity contribution in [3.63, 3.8) is 0 Å². The van der Waals surface area contributed by atoms with Crippen LogP contribution in [0, 0.1) is 6.92 Å². The van der Waals surface area contributed by atoms with Crippen LogP contribution in [0.5, 0.6) is 0 Å². The van der Waals surface area contributed by atoms with Gasteiger partial charge in [0.05, 0.1) is 0 Å². The molecule has 1 heterocycles. The van der Waals surface area contributed by atoms with E-state index in [1.165, 1.54) is 18.4 Å². The number of rotatable bonds is 1. The minimum atomic E-state index is -1.07. The second-order valence-corrected chi connectivity index (χ2v) is 6.68. The van der Waals surface area contributed by atoms with Crippen molar-refractivity contribution in [2.75, 3.05) is 0 Å². The number of hydrogen-bond acceptors (Lipinski definition) is 2. The van der Waals surface area contributed by atoms with E-state index in [-0.39, 0.29) is 5.91 Å². The lowest BCUT2D eigenvalue weighted by Crippen LogP contribution is -2.43. The lowest BCUT2D eigenvalue weighted by atomic mass is 9.83. The summed E-state index contributed by atoms with van der Waals surface area (Å²) in [5, 5.41) is 5.35. The van der Waals surface area contributed by atoms with Crippen LogP contribution in [0.3, 0.4) is 0 Å². The fourth-order valence-corrected chi connectivity index (χ4v) is 4.27. The van der Waals surface area contributed by atoms with E-state index in [2.05, 4.69) is 29.7 Å². The van der Waals surface area contributed by atoms with Crippen LogP contribution < -0.4 is 10.6 Å². The molecule has 2 N–H and O–H groups in total. The molecule has 2 aromatic rings. The number of carbonyl (C=O) groups excluding carboxylic acids is 2. The van der Waals surface area contributed by atoms with Gasteiger partial charge >= 0.3 is 6.03 Å². The Bertz CT molecular complexity index is 898. The zero-order valence-corrected chi connectivity index (χ0v) is 12.8. The summed E-state index contributed by atoms with van der Waals surface area (Å²) < 4.78 is 0. The van der Waals surface area contributed by atoms with E-state index in [1.54, 1.807) is 0 Å². The normalized spacial score (nSPS) is 24.4. The maximum atomic E-state index is 12.8. The van der Waals surface area contributed by atoms with Gasteiger partial charge < -0.3 is 5.32 Å². The van der Waals surface area contributed by atoms with E-state index in [0.717, 1.165) is 27.8 Å². The van der Waals surface area contributed by atoms with Gasteiger partial charge in [-0.25, -0.2) is 4.79 Å². The van der Waals surface area contributed by atoms with Gasteiger partial charge in [0.25, 0.3) is 5.91 Å². The molecular weight excluding hydrogens is 288 g/mol. The number of benzene rings is 2. The second-order valence-electron chi connectivity index (χ2n) is 6.68. The van der Waals surface area contributed by atoms with Crippen LogP contribution in [0.4, 0.5) is 4.79 Å². The summed E-state index contributed by atoms with van der Waals surface area (Å²) in [5.41, 5.74) is 5.28. The molecule has 4 heteroatoms. The zero-order valence-electron chi connectivity index (χ0n) is 12.8. The fourth-order valence-electron chi connectivity index (χ4n) is 4.27. The molecule has 3 amide bonds. The Morgan fingerprint density at radius 1 is 1.04 bits per heavy atom. The van der Waals surface area contributed by atoms with E-state index in [0.29, 0.717) is 5.92 Å². The summed E-state index contributed by atoms with van der Waals surface area (Å²) >= 11 is 0. The Hall–Kier alpha value is -2.62. The summed E-state index contributed by atoms with van der Waals surface area (Å²) in [6.07, 6.45) is 2.41. The van der Waals surface area contributed by atoms with Crippen molar-refractivity contribution >= 4 is 11.9 Å². The molecule has 1 aliphatic heterocycles. The molecule has 0 radical (unpaired) electrons. The predicted octanol–water partition coefficient (Wildman–Crippen LogP) is 2.94. The van der Waals surface area contributed by atoms with Crippen LogP contribution >= 0.6 is 0 Å². The van der Waals surface area contributed by atoms with Gasteiger partial charge in [-0.05, 0) is 53.5 Å². The summed E-state index contributed by atoms with van der Waals surface area (Å²) in [6, 6.07) is 11.7. The monoisotopic (exact) mass is 304 g/mol. The average molecular weight is 304 g/mol. The molecule has 2 fully saturated rings. The number of imide groups is 1. The van der Waals surface area contributed by atoms with Crippen molar-refractivity contribution in [1.29, 1.82) is 0 Å². The molecule has 3 aliphatic rings. The van der Waals surface area contributed by atoms with E-state index in [4.69, 9.17) is 0 Å². The maximum absolute atomic E-state index is 12.8. The lowest BCUT2D eigenvalue weighted by molar-refractivity contribution is -0.122. The first kappa shape index (κ1) is 12.9. The van der Waals surface area contributed by atoms with Crippen LogP contribution in [0.1, 0.15) is 41.0 Å².